The molecule has 0 N–H and O–H groups in total. The van der Waals surface area contributed by atoms with Crippen LogP contribution >= 0.6 is 0 Å². The fourth-order valence-corrected chi connectivity index (χ4v) is 6.07. The summed E-state index contributed by atoms with van der Waals surface area (Å²) >= 11 is 0. The third-order valence-corrected chi connectivity index (χ3v) is 8.00. The van der Waals surface area contributed by atoms with Gasteiger partial charge in [-0.15, -0.1) is 6.58 Å². The van der Waals surface area contributed by atoms with Crippen molar-refractivity contribution in [3.63, 3.8) is 0 Å². The van der Waals surface area contributed by atoms with Crippen LogP contribution in [0.2, 0.25) is 0 Å². The predicted molar refractivity (Wildman–Crippen MR) is 124 cm³/mol. The molecule has 0 saturated heterocycles. The molecular formula is C25H25LiO3S2. The van der Waals surface area contributed by atoms with Gasteiger partial charge in [-0.05, 0) is 49.8 Å². The predicted octanol–water partition coefficient (Wildman–Crippen LogP) is 2.66. The summed E-state index contributed by atoms with van der Waals surface area (Å²) in [6.07, 6.45) is 0.936. The molecule has 0 saturated carbocycles. The Hall–Kier alpha value is -1.74. The van der Waals surface area contributed by atoms with E-state index in [0.717, 1.165) is 16.7 Å². The van der Waals surface area contributed by atoms with E-state index in [1.165, 1.54) is 0 Å². The fourth-order valence-electron chi connectivity index (χ4n) is 2.91. The zero-order valence-electron chi connectivity index (χ0n) is 18.1. The Balaban J connectivity index is 0.00000341. The van der Waals surface area contributed by atoms with Crippen LogP contribution < -0.4 is 18.9 Å². The molecule has 0 unspecified atom stereocenters. The van der Waals surface area contributed by atoms with E-state index in [1.54, 1.807) is 6.08 Å². The molecular weight excluding hydrogens is 419 g/mol. The van der Waals surface area contributed by atoms with Gasteiger partial charge in [0.15, 0.2) is 0 Å². The average Bonchev–Trinajstić information content (AvgIpc) is 2.77. The molecule has 0 bridgehead atoms. The van der Waals surface area contributed by atoms with Crippen LogP contribution in [0.3, 0.4) is 0 Å². The first kappa shape index (κ1) is 25.5. The minimum absolute atomic E-state index is 0. The quantitative estimate of drug-likeness (QED) is 0.290. The van der Waals surface area contributed by atoms with Crippen molar-refractivity contribution in [3.8, 4) is 0 Å². The molecule has 0 amide bonds. The number of hydrogen-bond acceptors (Lipinski definition) is 3. The van der Waals surface area contributed by atoms with Gasteiger partial charge in [-0.1, -0.05) is 98.0 Å². The molecule has 3 rings (SSSR count). The van der Waals surface area contributed by atoms with Crippen LogP contribution in [0.15, 0.2) is 101 Å². The molecule has 6 heteroatoms. The summed E-state index contributed by atoms with van der Waals surface area (Å²) in [5.41, 5.74) is 2.94. The van der Waals surface area contributed by atoms with Crippen LogP contribution in [0.4, 0.5) is 0 Å². The standard InChI is InChI=1S/C25H25O3S2.Li/c1-4-18-28-24(21-8-6-5-7-9-21)25(29(26)22-14-10-19(2)11-15-22)30(27)23-16-12-20(3)13-17-23;/h4-17,24H,1,18H2,2-3H3;/q-1;+1/t24-,29-,30-;/m0./s1. The maximum absolute atomic E-state index is 13.7. The molecule has 3 atom stereocenters. The van der Waals surface area contributed by atoms with Gasteiger partial charge in [0, 0.05) is 9.79 Å². The van der Waals surface area contributed by atoms with Gasteiger partial charge in [0.25, 0.3) is 0 Å². The molecule has 156 valence electrons. The first-order valence-electron chi connectivity index (χ1n) is 9.62. The summed E-state index contributed by atoms with van der Waals surface area (Å²) in [6, 6.07) is 24.3. The van der Waals surface area contributed by atoms with Crippen molar-refractivity contribution in [3.05, 3.63) is 113 Å². The molecule has 31 heavy (non-hydrogen) atoms. The van der Waals surface area contributed by atoms with Crippen molar-refractivity contribution in [2.24, 2.45) is 0 Å². The normalized spacial score (nSPS) is 13.8. The minimum Gasteiger partial charge on any atom is -0.400 e. The molecule has 3 aromatic carbocycles. The van der Waals surface area contributed by atoms with Gasteiger partial charge in [0.05, 0.1) is 6.61 Å². The first-order chi connectivity index (χ1) is 14.5. The van der Waals surface area contributed by atoms with Gasteiger partial charge in [-0.2, -0.15) is 0 Å². The van der Waals surface area contributed by atoms with Crippen molar-refractivity contribution in [1.82, 2.24) is 0 Å². The zero-order valence-corrected chi connectivity index (χ0v) is 19.7. The Morgan fingerprint density at radius 2 is 1.29 bits per heavy atom. The molecule has 0 fully saturated rings. The van der Waals surface area contributed by atoms with Crippen molar-refractivity contribution >= 4 is 21.6 Å². The number of rotatable bonds is 9. The first-order valence-corrected chi connectivity index (χ1v) is 11.9. The monoisotopic (exact) mass is 444 g/mol. The average molecular weight is 445 g/mol. The summed E-state index contributed by atoms with van der Waals surface area (Å²) in [6.45, 7) is 7.92. The molecule has 3 nitrogen and oxygen atoms in total. The summed E-state index contributed by atoms with van der Waals surface area (Å²) in [4.78, 5) is 1.19. The number of benzene rings is 3. The van der Waals surface area contributed by atoms with Gasteiger partial charge < -0.3 is 4.74 Å². The Kier molecular flexibility index (Phi) is 10.2. The van der Waals surface area contributed by atoms with E-state index >= 15 is 0 Å². The summed E-state index contributed by atoms with van der Waals surface area (Å²) in [5.74, 6) is 0. The fraction of sp³-hybridized carbons (Fsp3) is 0.160. The zero-order chi connectivity index (χ0) is 21.5. The maximum Gasteiger partial charge on any atom is 1.00 e. The topological polar surface area (TPSA) is 43.4 Å². The Labute approximate surface area is 202 Å². The van der Waals surface area contributed by atoms with E-state index in [0.29, 0.717) is 14.4 Å². The maximum atomic E-state index is 13.7. The molecule has 0 aromatic heterocycles. The van der Waals surface area contributed by atoms with Crippen LogP contribution in [0.1, 0.15) is 22.8 Å². The summed E-state index contributed by atoms with van der Waals surface area (Å²) in [7, 11) is -3.28. The second-order valence-electron chi connectivity index (χ2n) is 6.90. The second-order valence-corrected chi connectivity index (χ2v) is 10.1. The largest absolute Gasteiger partial charge is 1.00 e. The molecule has 0 aliphatic rings. The van der Waals surface area contributed by atoms with Gasteiger partial charge in [-0.3, -0.25) is 8.42 Å². The van der Waals surface area contributed by atoms with Gasteiger partial charge in [0.1, 0.15) is 0 Å². The van der Waals surface area contributed by atoms with E-state index in [9.17, 15) is 8.42 Å². The molecule has 0 aliphatic carbocycles. The molecule has 0 aliphatic heterocycles. The van der Waals surface area contributed by atoms with Gasteiger partial charge in [0.2, 0.25) is 0 Å². The SMILES string of the molecule is C=CCO[C@@H](c1ccccc1)[C-]([S@@](=O)c1ccc(C)cc1)[S@@](=O)c1ccc(C)cc1.[Li+]. The second kappa shape index (κ2) is 12.3. The third kappa shape index (κ3) is 6.62. The van der Waals surface area contributed by atoms with Crippen LogP contribution in [0.25, 0.3) is 0 Å². The molecule has 0 radical (unpaired) electrons. The van der Waals surface area contributed by atoms with E-state index in [2.05, 4.69) is 6.58 Å². The number of aryl methyl sites for hydroxylation is 2. The van der Waals surface area contributed by atoms with E-state index in [4.69, 9.17) is 4.74 Å². The Bertz CT molecular complexity index is 961. The molecule has 3 aromatic rings. The van der Waals surface area contributed by atoms with Crippen molar-refractivity contribution in [2.75, 3.05) is 6.61 Å². The van der Waals surface area contributed by atoms with Crippen molar-refractivity contribution < 1.29 is 32.0 Å². The Morgan fingerprint density at radius 3 is 1.71 bits per heavy atom. The number of ether oxygens (including phenoxy) is 1. The third-order valence-electron chi connectivity index (χ3n) is 4.53. The summed E-state index contributed by atoms with van der Waals surface area (Å²) < 4.78 is 33.7. The molecule has 0 heterocycles. The van der Waals surface area contributed by atoms with Gasteiger partial charge in [-0.25, -0.2) is 0 Å². The van der Waals surface area contributed by atoms with E-state index in [-0.39, 0.29) is 25.5 Å². The van der Waals surface area contributed by atoms with E-state index < -0.39 is 27.7 Å². The molecule has 0 spiro atoms. The smallest absolute Gasteiger partial charge is 0.400 e. The number of hydrogen-bond donors (Lipinski definition) is 0. The van der Waals surface area contributed by atoms with Crippen LogP contribution in [0.5, 0.6) is 0 Å². The van der Waals surface area contributed by atoms with Crippen molar-refractivity contribution in [2.45, 2.75) is 29.7 Å². The van der Waals surface area contributed by atoms with E-state index in [1.807, 2.05) is 92.7 Å². The van der Waals surface area contributed by atoms with Crippen molar-refractivity contribution in [1.29, 1.82) is 0 Å². The van der Waals surface area contributed by atoms with Crippen LogP contribution in [-0.4, -0.2) is 15.0 Å². The minimum atomic E-state index is -1.64. The Morgan fingerprint density at radius 1 is 0.839 bits per heavy atom. The van der Waals surface area contributed by atoms with Crippen LogP contribution in [-0.2, 0) is 26.3 Å². The summed E-state index contributed by atoms with van der Waals surface area (Å²) in [5, 5.41) is 0. The van der Waals surface area contributed by atoms with Crippen LogP contribution in [0, 0.1) is 18.4 Å². The van der Waals surface area contributed by atoms with Gasteiger partial charge >= 0.3 is 18.9 Å².